The van der Waals surface area contributed by atoms with Gasteiger partial charge in [-0.2, -0.15) is 0 Å². The predicted molar refractivity (Wildman–Crippen MR) is 69.6 cm³/mol. The highest BCUT2D eigenvalue weighted by Gasteiger charge is 2.31. The molecule has 2 heterocycles. The second-order valence-corrected chi connectivity index (χ2v) is 4.15. The number of furan rings is 1. The van der Waals surface area contributed by atoms with E-state index in [0.717, 1.165) is 0 Å². The van der Waals surface area contributed by atoms with Crippen molar-refractivity contribution in [1.29, 1.82) is 0 Å². The molecule has 0 unspecified atom stereocenters. The van der Waals surface area contributed by atoms with Gasteiger partial charge in [0.2, 0.25) is 5.78 Å². The predicted octanol–water partition coefficient (Wildman–Crippen LogP) is 2.47. The van der Waals surface area contributed by atoms with E-state index in [2.05, 4.69) is 0 Å². The lowest BCUT2D eigenvalue weighted by Crippen LogP contribution is -2.25. The zero-order chi connectivity index (χ0) is 14.1. The van der Waals surface area contributed by atoms with Crippen LogP contribution in [0.25, 0.3) is 6.08 Å². The molecule has 5 nitrogen and oxygen atoms in total. The normalized spacial score (nSPS) is 15.9. The second kappa shape index (κ2) is 4.70. The second-order valence-electron chi connectivity index (χ2n) is 4.15. The van der Waals surface area contributed by atoms with Crippen LogP contribution in [0.3, 0.4) is 0 Å². The SMILES string of the molecule is COc1ccc2c(c1)C(=O)/C(=C/c1ccco1)C(=O)O2. The Bertz CT molecular complexity index is 710. The van der Waals surface area contributed by atoms with E-state index in [4.69, 9.17) is 13.9 Å². The fraction of sp³-hybridized carbons (Fsp3) is 0.0667. The van der Waals surface area contributed by atoms with Gasteiger partial charge in [0.25, 0.3) is 0 Å². The maximum Gasteiger partial charge on any atom is 0.347 e. The number of carbonyl (C=O) groups is 2. The maximum atomic E-state index is 12.4. The minimum Gasteiger partial charge on any atom is -0.497 e. The number of ether oxygens (including phenoxy) is 2. The number of fused-ring (bicyclic) bond motifs is 1. The molecular formula is C15H10O5. The first-order valence-corrected chi connectivity index (χ1v) is 5.89. The Morgan fingerprint density at radius 1 is 1.20 bits per heavy atom. The Balaban J connectivity index is 2.07. The van der Waals surface area contributed by atoms with Gasteiger partial charge < -0.3 is 13.9 Å². The van der Waals surface area contributed by atoms with E-state index < -0.39 is 11.8 Å². The third kappa shape index (κ3) is 1.99. The first-order chi connectivity index (χ1) is 9.69. The summed E-state index contributed by atoms with van der Waals surface area (Å²) in [7, 11) is 1.50. The molecule has 0 spiro atoms. The molecule has 3 rings (SSSR count). The fourth-order valence-electron chi connectivity index (χ4n) is 1.94. The lowest BCUT2D eigenvalue weighted by Gasteiger charge is -2.17. The minimum atomic E-state index is -0.691. The molecule has 0 N–H and O–H groups in total. The number of methoxy groups -OCH3 is 1. The number of benzene rings is 1. The zero-order valence-corrected chi connectivity index (χ0v) is 10.6. The number of carbonyl (C=O) groups excluding carboxylic acids is 2. The summed E-state index contributed by atoms with van der Waals surface area (Å²) in [5.74, 6) is 0.0667. The summed E-state index contributed by atoms with van der Waals surface area (Å²) in [5.41, 5.74) is 0.224. The minimum absolute atomic E-state index is 0.0688. The summed E-state index contributed by atoms with van der Waals surface area (Å²) in [6.07, 6.45) is 2.83. The average molecular weight is 270 g/mol. The van der Waals surface area contributed by atoms with Crippen LogP contribution in [0.5, 0.6) is 11.5 Å². The van der Waals surface area contributed by atoms with Gasteiger partial charge in [0.15, 0.2) is 0 Å². The van der Waals surface area contributed by atoms with Crippen LogP contribution >= 0.6 is 0 Å². The van der Waals surface area contributed by atoms with Gasteiger partial charge in [-0.3, -0.25) is 4.79 Å². The molecule has 20 heavy (non-hydrogen) atoms. The number of esters is 1. The topological polar surface area (TPSA) is 65.7 Å². The molecule has 0 amide bonds. The van der Waals surface area contributed by atoms with Crippen molar-refractivity contribution < 1.29 is 23.5 Å². The molecule has 0 fully saturated rings. The van der Waals surface area contributed by atoms with Crippen molar-refractivity contribution in [2.45, 2.75) is 0 Å². The largest absolute Gasteiger partial charge is 0.497 e. The molecule has 0 saturated heterocycles. The van der Waals surface area contributed by atoms with E-state index in [1.54, 1.807) is 24.3 Å². The van der Waals surface area contributed by atoms with Crippen molar-refractivity contribution in [2.24, 2.45) is 0 Å². The highest BCUT2D eigenvalue weighted by atomic mass is 16.5. The van der Waals surface area contributed by atoms with E-state index in [1.165, 1.54) is 25.5 Å². The summed E-state index contributed by atoms with van der Waals surface area (Å²) in [4.78, 5) is 24.2. The molecule has 0 bridgehead atoms. The van der Waals surface area contributed by atoms with Crippen LogP contribution in [0.4, 0.5) is 0 Å². The molecule has 1 aromatic carbocycles. The van der Waals surface area contributed by atoms with Gasteiger partial charge in [-0.15, -0.1) is 0 Å². The van der Waals surface area contributed by atoms with Crippen molar-refractivity contribution in [3.8, 4) is 11.5 Å². The average Bonchev–Trinajstić information content (AvgIpc) is 2.96. The lowest BCUT2D eigenvalue weighted by molar-refractivity contribution is -0.130. The Hall–Kier alpha value is -2.82. The van der Waals surface area contributed by atoms with Crippen LogP contribution in [0, 0.1) is 0 Å². The quantitative estimate of drug-likeness (QED) is 0.363. The fourth-order valence-corrected chi connectivity index (χ4v) is 1.94. The summed E-state index contributed by atoms with van der Waals surface area (Å²) >= 11 is 0. The van der Waals surface area contributed by atoms with E-state index >= 15 is 0 Å². The number of hydrogen-bond acceptors (Lipinski definition) is 5. The Kier molecular flexibility index (Phi) is 2.87. The molecule has 0 aliphatic carbocycles. The maximum absolute atomic E-state index is 12.4. The first kappa shape index (κ1) is 12.2. The van der Waals surface area contributed by atoms with Gasteiger partial charge in [0, 0.05) is 0 Å². The molecule has 5 heteroatoms. The summed E-state index contributed by atoms with van der Waals surface area (Å²) in [6, 6.07) is 8.02. The number of rotatable bonds is 2. The molecule has 0 atom stereocenters. The van der Waals surface area contributed by atoms with Crippen LogP contribution < -0.4 is 9.47 Å². The highest BCUT2D eigenvalue weighted by Crippen LogP contribution is 2.31. The van der Waals surface area contributed by atoms with Crippen LogP contribution in [-0.2, 0) is 4.79 Å². The van der Waals surface area contributed by atoms with E-state index in [1.807, 2.05) is 0 Å². The molecule has 1 aromatic heterocycles. The van der Waals surface area contributed by atoms with E-state index in [0.29, 0.717) is 17.1 Å². The van der Waals surface area contributed by atoms with Crippen LogP contribution in [0.1, 0.15) is 16.1 Å². The van der Waals surface area contributed by atoms with Gasteiger partial charge in [0.05, 0.1) is 18.9 Å². The number of hydrogen-bond donors (Lipinski definition) is 0. The third-order valence-electron chi connectivity index (χ3n) is 2.93. The smallest absolute Gasteiger partial charge is 0.347 e. The summed E-state index contributed by atoms with van der Waals surface area (Å²) in [5, 5.41) is 0. The molecule has 100 valence electrons. The van der Waals surface area contributed by atoms with Crippen molar-refractivity contribution >= 4 is 17.8 Å². The monoisotopic (exact) mass is 270 g/mol. The highest BCUT2D eigenvalue weighted by molar-refractivity contribution is 6.30. The number of ketones is 1. The van der Waals surface area contributed by atoms with Crippen LogP contribution in [0.2, 0.25) is 0 Å². The van der Waals surface area contributed by atoms with Gasteiger partial charge in [-0.05, 0) is 36.4 Å². The van der Waals surface area contributed by atoms with Gasteiger partial charge in [-0.1, -0.05) is 0 Å². The summed E-state index contributed by atoms with van der Waals surface area (Å²) in [6.45, 7) is 0. The van der Waals surface area contributed by atoms with Gasteiger partial charge >= 0.3 is 5.97 Å². The Labute approximate surface area is 114 Å². The van der Waals surface area contributed by atoms with Gasteiger partial charge in [0.1, 0.15) is 22.8 Å². The summed E-state index contributed by atoms with van der Waals surface area (Å²) < 4.78 is 15.3. The number of Topliss-reactive ketones (excluding diaryl/α,β-unsaturated/α-hetero) is 1. The molecule has 0 radical (unpaired) electrons. The van der Waals surface area contributed by atoms with Crippen molar-refractivity contribution in [3.63, 3.8) is 0 Å². The van der Waals surface area contributed by atoms with Crippen LogP contribution in [0.15, 0.2) is 46.6 Å². The molecule has 0 saturated carbocycles. The molecule has 1 aliphatic heterocycles. The van der Waals surface area contributed by atoms with E-state index in [9.17, 15) is 9.59 Å². The first-order valence-electron chi connectivity index (χ1n) is 5.89. The Morgan fingerprint density at radius 3 is 2.75 bits per heavy atom. The van der Waals surface area contributed by atoms with E-state index in [-0.39, 0.29) is 11.3 Å². The zero-order valence-electron chi connectivity index (χ0n) is 10.6. The van der Waals surface area contributed by atoms with Crippen molar-refractivity contribution in [2.75, 3.05) is 7.11 Å². The Morgan fingerprint density at radius 2 is 2.05 bits per heavy atom. The van der Waals surface area contributed by atoms with Crippen molar-refractivity contribution in [1.82, 2.24) is 0 Å². The molecule has 2 aromatic rings. The molecule has 1 aliphatic rings. The van der Waals surface area contributed by atoms with Crippen molar-refractivity contribution in [3.05, 3.63) is 53.5 Å². The van der Waals surface area contributed by atoms with Gasteiger partial charge in [-0.25, -0.2) is 4.79 Å². The third-order valence-corrected chi connectivity index (χ3v) is 2.93. The lowest BCUT2D eigenvalue weighted by atomic mass is 9.99. The standard InChI is InChI=1S/C15H10O5/c1-18-9-4-5-13-11(7-9)14(16)12(15(17)20-13)8-10-3-2-6-19-10/h2-8H,1H3/b12-8-. The molecular weight excluding hydrogens is 260 g/mol. The van der Waals surface area contributed by atoms with Crippen LogP contribution in [-0.4, -0.2) is 18.9 Å².